The van der Waals surface area contributed by atoms with Gasteiger partial charge in [0.25, 0.3) is 0 Å². The number of hydrogen-bond acceptors (Lipinski definition) is 12. The molecule has 29 heavy (non-hydrogen) atoms. The maximum absolute atomic E-state index is 11.6. The van der Waals surface area contributed by atoms with Crippen molar-refractivity contribution in [3.63, 3.8) is 0 Å². The van der Waals surface area contributed by atoms with Crippen molar-refractivity contribution in [1.29, 1.82) is 0 Å². The Morgan fingerprint density at radius 3 is 1.76 bits per heavy atom. The Bertz CT molecular complexity index is 674. The van der Waals surface area contributed by atoms with Gasteiger partial charge in [0.15, 0.2) is 18.3 Å². The van der Waals surface area contributed by atoms with Crippen molar-refractivity contribution < 1.29 is 52.5 Å². The van der Waals surface area contributed by atoms with Gasteiger partial charge in [-0.15, -0.1) is 0 Å². The number of nitrogens with zero attached hydrogens (tertiary/aromatic N) is 1. The standard InChI is InChI=1S/C17H23NO11/c1-8(19)24-7-14-16(26-10(3)21)17(27-11(4)22)15(25-9(2)20)13(28-14)6-18-29-12(5)23/h6,13-17H,7H2,1-5H3/b18-6-/t13-,14+,15-,16+,17+/m0/s1. The molecule has 0 spiro atoms. The van der Waals surface area contributed by atoms with Crippen LogP contribution in [-0.4, -0.2) is 73.2 Å². The number of hydrogen-bond donors (Lipinski definition) is 0. The zero-order chi connectivity index (χ0) is 22.1. The van der Waals surface area contributed by atoms with E-state index in [1.54, 1.807) is 0 Å². The van der Waals surface area contributed by atoms with E-state index in [4.69, 9.17) is 23.7 Å². The second-order valence-corrected chi connectivity index (χ2v) is 6.00. The first kappa shape index (κ1) is 24.0. The molecule has 0 aromatic rings. The smallest absolute Gasteiger partial charge is 0.331 e. The molecule has 0 saturated carbocycles. The second kappa shape index (κ2) is 11.1. The summed E-state index contributed by atoms with van der Waals surface area (Å²) >= 11 is 0. The van der Waals surface area contributed by atoms with Crippen molar-refractivity contribution >= 4 is 36.1 Å². The Balaban J connectivity index is 3.31. The number of ether oxygens (including phenoxy) is 5. The summed E-state index contributed by atoms with van der Waals surface area (Å²) in [7, 11) is 0. The molecule has 0 aliphatic carbocycles. The van der Waals surface area contributed by atoms with Gasteiger partial charge >= 0.3 is 29.8 Å². The molecule has 0 unspecified atom stereocenters. The zero-order valence-electron chi connectivity index (χ0n) is 16.6. The number of carbonyl (C=O) groups is 5. The number of esters is 4. The molecule has 1 aliphatic rings. The van der Waals surface area contributed by atoms with Crippen LogP contribution in [-0.2, 0) is 52.5 Å². The van der Waals surface area contributed by atoms with Crippen molar-refractivity contribution in [1.82, 2.24) is 0 Å². The Kier molecular flexibility index (Phi) is 9.19. The number of carbonyl (C=O) groups excluding carboxylic acids is 5. The van der Waals surface area contributed by atoms with Gasteiger partial charge in [-0.1, -0.05) is 5.16 Å². The van der Waals surface area contributed by atoms with Gasteiger partial charge in [0.2, 0.25) is 0 Å². The summed E-state index contributed by atoms with van der Waals surface area (Å²) in [6, 6.07) is 0. The maximum atomic E-state index is 11.6. The summed E-state index contributed by atoms with van der Waals surface area (Å²) in [4.78, 5) is 61.3. The quantitative estimate of drug-likeness (QED) is 0.176. The molecule has 1 aliphatic heterocycles. The Labute approximate surface area is 166 Å². The molecule has 162 valence electrons. The third kappa shape index (κ3) is 8.25. The molecule has 12 heteroatoms. The highest BCUT2D eigenvalue weighted by Crippen LogP contribution is 2.28. The first-order valence-corrected chi connectivity index (χ1v) is 8.52. The average Bonchev–Trinajstić information content (AvgIpc) is 2.56. The average molecular weight is 417 g/mol. The summed E-state index contributed by atoms with van der Waals surface area (Å²) in [5, 5.41) is 3.43. The van der Waals surface area contributed by atoms with E-state index in [9.17, 15) is 24.0 Å². The van der Waals surface area contributed by atoms with Crippen LogP contribution in [0.1, 0.15) is 34.6 Å². The Morgan fingerprint density at radius 1 is 0.759 bits per heavy atom. The summed E-state index contributed by atoms with van der Waals surface area (Å²) in [5.74, 6) is -3.59. The number of oxime groups is 1. The molecule has 0 bridgehead atoms. The van der Waals surface area contributed by atoms with Gasteiger partial charge in [0, 0.05) is 34.6 Å². The van der Waals surface area contributed by atoms with E-state index >= 15 is 0 Å². The minimum atomic E-state index is -1.32. The van der Waals surface area contributed by atoms with Gasteiger partial charge in [0.05, 0.1) is 6.21 Å². The topological polar surface area (TPSA) is 153 Å². The Hall–Kier alpha value is -3.02. The highest BCUT2D eigenvalue weighted by molar-refractivity contribution is 5.72. The van der Waals surface area contributed by atoms with Crippen LogP contribution < -0.4 is 0 Å². The van der Waals surface area contributed by atoms with Crippen LogP contribution in [0.4, 0.5) is 0 Å². The molecule has 0 aromatic heterocycles. The molecule has 1 heterocycles. The van der Waals surface area contributed by atoms with Crippen LogP contribution in [0.15, 0.2) is 5.16 Å². The van der Waals surface area contributed by atoms with Crippen molar-refractivity contribution in [3.05, 3.63) is 0 Å². The molecular weight excluding hydrogens is 394 g/mol. The minimum absolute atomic E-state index is 0.365. The van der Waals surface area contributed by atoms with E-state index in [1.165, 1.54) is 0 Å². The van der Waals surface area contributed by atoms with Crippen LogP contribution in [0, 0.1) is 0 Å². The predicted octanol–water partition coefficient (Wildman–Crippen LogP) is -0.339. The van der Waals surface area contributed by atoms with E-state index in [1.807, 2.05) is 0 Å². The SMILES string of the molecule is CC(=O)OC[C@H]1O[C@@H](/C=N\OC(C)=O)[C@H](OC(C)=O)[C@@H](OC(C)=O)[C@@H]1OC(C)=O. The van der Waals surface area contributed by atoms with Crippen LogP contribution in [0.3, 0.4) is 0 Å². The van der Waals surface area contributed by atoms with Crippen molar-refractivity contribution in [2.75, 3.05) is 6.61 Å². The molecule has 0 N–H and O–H groups in total. The lowest BCUT2D eigenvalue weighted by Crippen LogP contribution is -2.62. The molecule has 5 atom stereocenters. The van der Waals surface area contributed by atoms with Crippen LogP contribution in [0.5, 0.6) is 0 Å². The van der Waals surface area contributed by atoms with Crippen molar-refractivity contribution in [2.24, 2.45) is 5.16 Å². The maximum Gasteiger partial charge on any atom is 0.331 e. The normalized spacial score (nSPS) is 26.3. The minimum Gasteiger partial charge on any atom is -0.463 e. The molecule has 0 aromatic carbocycles. The fourth-order valence-corrected chi connectivity index (χ4v) is 2.55. The molecular formula is C17H23NO11. The predicted molar refractivity (Wildman–Crippen MR) is 92.2 cm³/mol. The lowest BCUT2D eigenvalue weighted by molar-refractivity contribution is -0.240. The van der Waals surface area contributed by atoms with E-state index in [0.29, 0.717) is 0 Å². The zero-order valence-corrected chi connectivity index (χ0v) is 16.6. The van der Waals surface area contributed by atoms with Crippen LogP contribution in [0.2, 0.25) is 0 Å². The lowest BCUT2D eigenvalue weighted by Gasteiger charge is -2.43. The van der Waals surface area contributed by atoms with E-state index < -0.39 is 60.4 Å². The second-order valence-electron chi connectivity index (χ2n) is 6.00. The van der Waals surface area contributed by atoms with Crippen molar-refractivity contribution in [3.8, 4) is 0 Å². The third-order valence-electron chi connectivity index (χ3n) is 3.42. The summed E-state index contributed by atoms with van der Waals surface area (Å²) < 4.78 is 26.2. The van der Waals surface area contributed by atoms with Crippen LogP contribution in [0.25, 0.3) is 0 Å². The highest BCUT2D eigenvalue weighted by Gasteiger charge is 2.51. The van der Waals surface area contributed by atoms with Gasteiger partial charge in [-0.3, -0.25) is 19.2 Å². The third-order valence-corrected chi connectivity index (χ3v) is 3.42. The molecule has 0 amide bonds. The molecule has 1 fully saturated rings. The van der Waals surface area contributed by atoms with E-state index in [2.05, 4.69) is 9.99 Å². The lowest BCUT2D eigenvalue weighted by atomic mass is 9.94. The van der Waals surface area contributed by atoms with Gasteiger partial charge in [-0.05, 0) is 0 Å². The molecule has 1 rings (SSSR count). The van der Waals surface area contributed by atoms with Crippen LogP contribution >= 0.6 is 0 Å². The highest BCUT2D eigenvalue weighted by atomic mass is 16.7. The van der Waals surface area contributed by atoms with E-state index in [-0.39, 0.29) is 6.61 Å². The van der Waals surface area contributed by atoms with Crippen molar-refractivity contribution in [2.45, 2.75) is 65.1 Å². The summed E-state index contributed by atoms with van der Waals surface area (Å²) in [6.07, 6.45) is -5.16. The molecule has 1 saturated heterocycles. The first-order valence-electron chi connectivity index (χ1n) is 8.52. The summed E-state index contributed by atoms with van der Waals surface area (Å²) in [5.41, 5.74) is 0. The van der Waals surface area contributed by atoms with Gasteiger partial charge in [-0.25, -0.2) is 4.79 Å². The first-order chi connectivity index (χ1) is 13.5. The molecule has 0 radical (unpaired) electrons. The summed E-state index contributed by atoms with van der Waals surface area (Å²) in [6.45, 7) is 5.24. The van der Waals surface area contributed by atoms with Gasteiger partial charge < -0.3 is 28.5 Å². The largest absolute Gasteiger partial charge is 0.463 e. The van der Waals surface area contributed by atoms with E-state index in [0.717, 1.165) is 40.8 Å². The molecule has 12 nitrogen and oxygen atoms in total. The number of rotatable bonds is 7. The monoisotopic (exact) mass is 417 g/mol. The Morgan fingerprint density at radius 2 is 1.28 bits per heavy atom. The fourth-order valence-electron chi connectivity index (χ4n) is 2.55. The van der Waals surface area contributed by atoms with Gasteiger partial charge in [0.1, 0.15) is 18.8 Å². The van der Waals surface area contributed by atoms with Gasteiger partial charge in [-0.2, -0.15) is 0 Å². The fraction of sp³-hybridized carbons (Fsp3) is 0.647.